The first-order chi connectivity index (χ1) is 7.72. The van der Waals surface area contributed by atoms with Gasteiger partial charge in [-0.05, 0) is 24.6 Å². The van der Waals surface area contributed by atoms with Gasteiger partial charge in [-0.3, -0.25) is 0 Å². The topological polar surface area (TPSA) is 29.5 Å². The summed E-state index contributed by atoms with van der Waals surface area (Å²) < 4.78 is 5.49. The number of unbranched alkanes of at least 4 members (excludes halogenated alkanes) is 1. The van der Waals surface area contributed by atoms with Crippen LogP contribution in [-0.4, -0.2) is 17.8 Å². The van der Waals surface area contributed by atoms with Crippen molar-refractivity contribution in [3.63, 3.8) is 0 Å². The van der Waals surface area contributed by atoms with Crippen molar-refractivity contribution < 1.29 is 9.84 Å². The summed E-state index contributed by atoms with van der Waals surface area (Å²) in [6, 6.07) is 7.31. The van der Waals surface area contributed by atoms with Crippen molar-refractivity contribution in [1.82, 2.24) is 0 Å². The summed E-state index contributed by atoms with van der Waals surface area (Å²) in [5, 5.41) is 10.3. The molecule has 16 heavy (non-hydrogen) atoms. The smallest absolute Gasteiger partial charge is 0.120 e. The fourth-order valence-corrected chi connectivity index (χ4v) is 1.63. The zero-order valence-corrected chi connectivity index (χ0v) is 10.4. The quantitative estimate of drug-likeness (QED) is 0.791. The van der Waals surface area contributed by atoms with E-state index in [1.165, 1.54) is 0 Å². The van der Waals surface area contributed by atoms with E-state index in [1.54, 1.807) is 6.07 Å². The summed E-state index contributed by atoms with van der Waals surface area (Å²) in [4.78, 5) is 0. The minimum atomic E-state index is -0.251. The molecule has 0 saturated heterocycles. The van der Waals surface area contributed by atoms with Gasteiger partial charge in [0.1, 0.15) is 5.75 Å². The van der Waals surface area contributed by atoms with Gasteiger partial charge in [0.25, 0.3) is 0 Å². The molecule has 0 spiro atoms. The third-order valence-electron chi connectivity index (χ3n) is 2.41. The van der Waals surface area contributed by atoms with Crippen molar-refractivity contribution in [3.05, 3.63) is 29.3 Å². The Labute approximate surface area is 102 Å². The maximum absolute atomic E-state index is 9.61. The van der Waals surface area contributed by atoms with Gasteiger partial charge in [-0.2, -0.15) is 0 Å². The predicted molar refractivity (Wildman–Crippen MR) is 67.1 cm³/mol. The van der Waals surface area contributed by atoms with Crippen LogP contribution in [0.2, 0.25) is 5.02 Å². The average molecular weight is 243 g/mol. The molecule has 1 unspecified atom stereocenters. The van der Waals surface area contributed by atoms with E-state index in [9.17, 15) is 5.11 Å². The summed E-state index contributed by atoms with van der Waals surface area (Å²) in [5.74, 6) is 0.759. The fourth-order valence-electron chi connectivity index (χ4n) is 1.45. The molecule has 0 aliphatic heterocycles. The Morgan fingerprint density at radius 3 is 2.88 bits per heavy atom. The molecule has 0 aromatic heterocycles. The van der Waals surface area contributed by atoms with Gasteiger partial charge in [-0.25, -0.2) is 0 Å². The number of benzene rings is 1. The van der Waals surface area contributed by atoms with E-state index in [4.69, 9.17) is 16.3 Å². The van der Waals surface area contributed by atoms with Gasteiger partial charge >= 0.3 is 0 Å². The van der Waals surface area contributed by atoms with E-state index in [-0.39, 0.29) is 6.10 Å². The molecule has 0 heterocycles. The number of ether oxygens (including phenoxy) is 1. The van der Waals surface area contributed by atoms with Crippen LogP contribution < -0.4 is 4.74 Å². The third-order valence-corrected chi connectivity index (χ3v) is 2.64. The third kappa shape index (κ3) is 5.38. The minimum absolute atomic E-state index is 0.251. The molecule has 0 fully saturated rings. The Morgan fingerprint density at radius 1 is 1.38 bits per heavy atom. The number of hydrogen-bond donors (Lipinski definition) is 1. The van der Waals surface area contributed by atoms with Crippen molar-refractivity contribution >= 4 is 11.6 Å². The fraction of sp³-hybridized carbons (Fsp3) is 0.538. The largest absolute Gasteiger partial charge is 0.493 e. The SMILES string of the molecule is CCCCC(O)CCOc1cccc(Cl)c1. The monoisotopic (exact) mass is 242 g/mol. The normalized spacial score (nSPS) is 12.4. The number of aliphatic hydroxyl groups excluding tert-OH is 1. The molecule has 0 radical (unpaired) electrons. The highest BCUT2D eigenvalue weighted by Crippen LogP contribution is 2.17. The summed E-state index contributed by atoms with van der Waals surface area (Å²) in [5.41, 5.74) is 0. The number of aliphatic hydroxyl groups is 1. The molecule has 1 aromatic rings. The summed E-state index contributed by atoms with van der Waals surface area (Å²) >= 11 is 5.83. The zero-order chi connectivity index (χ0) is 11.8. The molecule has 2 nitrogen and oxygen atoms in total. The minimum Gasteiger partial charge on any atom is -0.493 e. The predicted octanol–water partition coefficient (Wildman–Crippen LogP) is 3.66. The zero-order valence-electron chi connectivity index (χ0n) is 9.66. The lowest BCUT2D eigenvalue weighted by atomic mass is 10.1. The Hall–Kier alpha value is -0.730. The van der Waals surface area contributed by atoms with E-state index in [0.717, 1.165) is 25.0 Å². The van der Waals surface area contributed by atoms with Gasteiger partial charge in [-0.1, -0.05) is 37.4 Å². The van der Waals surface area contributed by atoms with E-state index in [0.29, 0.717) is 18.1 Å². The van der Waals surface area contributed by atoms with Gasteiger partial charge in [-0.15, -0.1) is 0 Å². The van der Waals surface area contributed by atoms with E-state index in [2.05, 4.69) is 6.92 Å². The van der Waals surface area contributed by atoms with Crippen molar-refractivity contribution in [1.29, 1.82) is 0 Å². The van der Waals surface area contributed by atoms with Gasteiger partial charge < -0.3 is 9.84 Å². The van der Waals surface area contributed by atoms with Crippen LogP contribution in [0.5, 0.6) is 5.75 Å². The first kappa shape index (κ1) is 13.3. The first-order valence-electron chi connectivity index (χ1n) is 5.78. The molecule has 90 valence electrons. The van der Waals surface area contributed by atoms with Crippen LogP contribution in [0, 0.1) is 0 Å². The van der Waals surface area contributed by atoms with Crippen LogP contribution in [0.3, 0.4) is 0 Å². The second-order valence-electron chi connectivity index (χ2n) is 3.89. The summed E-state index contributed by atoms with van der Waals surface area (Å²) in [6.45, 7) is 2.65. The molecule has 1 aromatic carbocycles. The molecule has 0 amide bonds. The number of halogens is 1. The number of hydrogen-bond acceptors (Lipinski definition) is 2. The highest BCUT2D eigenvalue weighted by molar-refractivity contribution is 6.30. The van der Waals surface area contributed by atoms with Crippen molar-refractivity contribution in [2.24, 2.45) is 0 Å². The van der Waals surface area contributed by atoms with Crippen LogP contribution in [0.1, 0.15) is 32.6 Å². The highest BCUT2D eigenvalue weighted by Gasteiger charge is 2.03. The first-order valence-corrected chi connectivity index (χ1v) is 6.16. The van der Waals surface area contributed by atoms with Crippen molar-refractivity contribution in [2.45, 2.75) is 38.7 Å². The lowest BCUT2D eigenvalue weighted by molar-refractivity contribution is 0.128. The average Bonchev–Trinajstić information content (AvgIpc) is 2.26. The van der Waals surface area contributed by atoms with Gasteiger partial charge in [0.05, 0.1) is 12.7 Å². The lowest BCUT2D eigenvalue weighted by Gasteiger charge is -2.11. The summed E-state index contributed by atoms with van der Waals surface area (Å²) in [6.07, 6.45) is 3.46. The molecule has 0 aliphatic rings. The van der Waals surface area contributed by atoms with Gasteiger partial charge in [0, 0.05) is 11.4 Å². The van der Waals surface area contributed by atoms with E-state index < -0.39 is 0 Å². The molecule has 1 N–H and O–H groups in total. The molecule has 1 rings (SSSR count). The Bertz CT molecular complexity index is 302. The van der Waals surface area contributed by atoms with E-state index >= 15 is 0 Å². The molecule has 1 atom stereocenters. The van der Waals surface area contributed by atoms with E-state index in [1.807, 2.05) is 18.2 Å². The van der Waals surface area contributed by atoms with Gasteiger partial charge in [0.2, 0.25) is 0 Å². The molecule has 0 aliphatic carbocycles. The maximum Gasteiger partial charge on any atom is 0.120 e. The highest BCUT2D eigenvalue weighted by atomic mass is 35.5. The molecule has 0 bridgehead atoms. The second-order valence-corrected chi connectivity index (χ2v) is 4.33. The Kier molecular flexibility index (Phi) is 6.27. The second kappa shape index (κ2) is 7.53. The summed E-state index contributed by atoms with van der Waals surface area (Å²) in [7, 11) is 0. The van der Waals surface area contributed by atoms with Crippen LogP contribution >= 0.6 is 11.6 Å². The standard InChI is InChI=1S/C13H19ClO2/c1-2-3-6-12(15)8-9-16-13-7-4-5-11(14)10-13/h4-5,7,10,12,15H,2-3,6,8-9H2,1H3. The number of rotatable bonds is 7. The molecular formula is C13H19ClO2. The Balaban J connectivity index is 2.20. The molecule has 3 heteroatoms. The van der Waals surface area contributed by atoms with Crippen molar-refractivity contribution in [2.75, 3.05) is 6.61 Å². The van der Waals surface area contributed by atoms with Crippen LogP contribution in [0.25, 0.3) is 0 Å². The lowest BCUT2D eigenvalue weighted by Crippen LogP contribution is -2.11. The van der Waals surface area contributed by atoms with Crippen LogP contribution in [0.4, 0.5) is 0 Å². The van der Waals surface area contributed by atoms with Gasteiger partial charge in [0.15, 0.2) is 0 Å². The molecular weight excluding hydrogens is 224 g/mol. The van der Waals surface area contributed by atoms with Crippen LogP contribution in [-0.2, 0) is 0 Å². The van der Waals surface area contributed by atoms with Crippen LogP contribution in [0.15, 0.2) is 24.3 Å². The molecule has 0 saturated carbocycles. The van der Waals surface area contributed by atoms with Crippen molar-refractivity contribution in [3.8, 4) is 5.75 Å². The Morgan fingerprint density at radius 2 is 2.19 bits per heavy atom. The maximum atomic E-state index is 9.61.